The van der Waals surface area contributed by atoms with Crippen LogP contribution in [-0.2, 0) is 21.1 Å². The predicted octanol–water partition coefficient (Wildman–Crippen LogP) is 19.5. The van der Waals surface area contributed by atoms with Crippen molar-refractivity contribution in [2.45, 2.75) is 237 Å². The van der Waals surface area contributed by atoms with Crippen LogP contribution in [0.25, 0.3) is 0 Å². The Morgan fingerprint density at radius 3 is 0.302 bits per heavy atom. The molecule has 0 saturated carbocycles. The van der Waals surface area contributed by atoms with Crippen molar-refractivity contribution in [2.75, 3.05) is 73.9 Å². The average molecular weight is 1000 g/mol. The van der Waals surface area contributed by atoms with Crippen molar-refractivity contribution < 1.29 is 21.1 Å². The third-order valence-corrected chi connectivity index (χ3v) is 21.3. The number of hydrogen-bond donors (Lipinski definition) is 0. The van der Waals surface area contributed by atoms with Crippen molar-refractivity contribution in [3.8, 4) is 0 Å². The fraction of sp³-hybridized carbons (Fsp3) is 1.00. The maximum Gasteiger partial charge on any atom is 2.00 e. The Morgan fingerprint density at radius 2 is 0.245 bits per heavy atom. The van der Waals surface area contributed by atoms with Gasteiger partial charge in [0.25, 0.3) is 0 Å². The van der Waals surface area contributed by atoms with Gasteiger partial charge in [-0.15, -0.1) is 31.7 Å². The summed E-state index contributed by atoms with van der Waals surface area (Å²) in [5.41, 5.74) is 0. The molecule has 0 atom stereocenters. The van der Waals surface area contributed by atoms with Crippen molar-refractivity contribution in [1.29, 1.82) is 0 Å². The van der Waals surface area contributed by atoms with Gasteiger partial charge in [-0.2, -0.15) is 0 Å². The van der Waals surface area contributed by atoms with Crippen LogP contribution in [0.4, 0.5) is 0 Å². The van der Waals surface area contributed by atoms with E-state index in [1.807, 2.05) is 0 Å². The van der Waals surface area contributed by atoms with E-state index in [4.69, 9.17) is 0 Å². The Morgan fingerprint density at radius 1 is 0.170 bits per heavy atom. The Balaban J connectivity index is -0.000000192. The second-order valence-electron chi connectivity index (χ2n) is 15.6. The average Bonchev–Trinajstić information content (AvgIpc) is 3.17. The monoisotopic (exact) mass is 1000 g/mol. The van der Waals surface area contributed by atoms with Crippen LogP contribution in [0.2, 0.25) is 0 Å². The van der Waals surface area contributed by atoms with Crippen LogP contribution in [-0.4, -0.2) is 73.9 Å². The molecule has 0 fully saturated rings. The SMILES string of the molecule is CCCCP(CCCC)CCCC.CCCCP(CCCC)CCCC.CCCCP(CCCC)CCCC.CCCCP(CCCC)CCCC.[Pt+2]. The summed E-state index contributed by atoms with van der Waals surface area (Å²) < 4.78 is 0. The fourth-order valence-electron chi connectivity index (χ4n) is 5.92. The summed E-state index contributed by atoms with van der Waals surface area (Å²) in [4.78, 5) is 0. The van der Waals surface area contributed by atoms with Crippen LogP contribution in [0, 0.1) is 0 Å². The number of hydrogen-bond acceptors (Lipinski definition) is 0. The van der Waals surface area contributed by atoms with Gasteiger partial charge in [0.1, 0.15) is 0 Å². The molecule has 0 radical (unpaired) electrons. The molecule has 328 valence electrons. The molecule has 0 aromatic carbocycles. The van der Waals surface area contributed by atoms with Gasteiger partial charge in [-0.1, -0.05) is 160 Å². The van der Waals surface area contributed by atoms with E-state index in [2.05, 4.69) is 83.1 Å². The van der Waals surface area contributed by atoms with Gasteiger partial charge in [-0.3, -0.25) is 0 Å². The quantitative estimate of drug-likeness (QED) is 0.0549. The van der Waals surface area contributed by atoms with E-state index in [1.54, 1.807) is 73.9 Å². The molecule has 0 bridgehead atoms. The van der Waals surface area contributed by atoms with E-state index < -0.39 is 0 Å². The van der Waals surface area contributed by atoms with Crippen LogP contribution in [0.5, 0.6) is 0 Å². The number of unbranched alkanes of at least 4 members (excludes halogenated alkanes) is 12. The van der Waals surface area contributed by atoms with Crippen molar-refractivity contribution >= 4 is 31.7 Å². The normalized spacial score (nSPS) is 10.9. The Labute approximate surface area is 361 Å². The minimum Gasteiger partial charge on any atom is -0.107 e. The molecule has 0 heterocycles. The molecule has 0 aliphatic rings. The first-order valence-corrected chi connectivity index (χ1v) is 31.9. The van der Waals surface area contributed by atoms with E-state index in [0.29, 0.717) is 31.7 Å². The van der Waals surface area contributed by atoms with Gasteiger partial charge in [0, 0.05) is 0 Å². The first-order chi connectivity index (χ1) is 25.4. The zero-order valence-electron chi connectivity index (χ0n) is 39.6. The van der Waals surface area contributed by atoms with E-state index in [-0.39, 0.29) is 21.1 Å². The van der Waals surface area contributed by atoms with E-state index >= 15 is 0 Å². The maximum atomic E-state index is 2.31. The smallest absolute Gasteiger partial charge is 0.107 e. The standard InChI is InChI=1S/4C12H27P.Pt/c4*1-4-7-10-13(11-8-5-2)12-9-6-3;/h4*4-12H2,1-3H3;/q;;;;+2. The van der Waals surface area contributed by atoms with Crippen molar-refractivity contribution in [2.24, 2.45) is 0 Å². The Hall–Kier alpha value is 2.41. The zero-order valence-corrected chi connectivity index (χ0v) is 45.4. The third-order valence-electron chi connectivity index (χ3n) is 9.93. The Bertz CT molecular complexity index is 392. The molecule has 0 aromatic rings. The maximum absolute atomic E-state index is 2.31. The van der Waals surface area contributed by atoms with Crippen LogP contribution < -0.4 is 0 Å². The molecule has 0 saturated heterocycles. The molecule has 53 heavy (non-hydrogen) atoms. The molecule has 0 aliphatic carbocycles. The molecular formula is C48H108P4Pt+2. The van der Waals surface area contributed by atoms with Gasteiger partial charge in [-0.25, -0.2) is 0 Å². The molecule has 0 N–H and O–H groups in total. The Kier molecular flexibility index (Phi) is 74.4. The summed E-state index contributed by atoms with van der Waals surface area (Å²) in [5.74, 6) is 0. The molecule has 0 spiro atoms. The van der Waals surface area contributed by atoms with Gasteiger partial charge in [0.2, 0.25) is 0 Å². The number of rotatable bonds is 36. The van der Waals surface area contributed by atoms with Gasteiger partial charge >= 0.3 is 21.1 Å². The minimum absolute atomic E-state index is 0. The van der Waals surface area contributed by atoms with E-state index in [0.717, 1.165) is 0 Å². The van der Waals surface area contributed by atoms with Crippen LogP contribution in [0.15, 0.2) is 0 Å². The fourth-order valence-corrected chi connectivity index (χ4v) is 17.8. The largest absolute Gasteiger partial charge is 2.00 e. The van der Waals surface area contributed by atoms with E-state index in [9.17, 15) is 0 Å². The topological polar surface area (TPSA) is 0 Å². The van der Waals surface area contributed by atoms with Crippen LogP contribution in [0.1, 0.15) is 237 Å². The van der Waals surface area contributed by atoms with Crippen molar-refractivity contribution in [3.63, 3.8) is 0 Å². The zero-order chi connectivity index (χ0) is 39.8. The summed E-state index contributed by atoms with van der Waals surface area (Å²) in [5, 5.41) is 0. The predicted molar refractivity (Wildman–Crippen MR) is 265 cm³/mol. The molecule has 0 amide bonds. The second-order valence-corrected chi connectivity index (χ2v) is 26.3. The summed E-state index contributed by atoms with van der Waals surface area (Å²) in [6, 6.07) is 0. The third kappa shape index (κ3) is 58.8. The van der Waals surface area contributed by atoms with Gasteiger partial charge in [0.15, 0.2) is 0 Å². The summed E-state index contributed by atoms with van der Waals surface area (Å²) in [6.45, 7) is 27.8. The van der Waals surface area contributed by atoms with E-state index in [1.165, 1.54) is 154 Å². The molecular weight excluding hydrogens is 896 g/mol. The molecule has 0 rings (SSSR count). The summed E-state index contributed by atoms with van der Waals surface area (Å²) >= 11 is 0. The molecule has 0 unspecified atom stereocenters. The molecule has 0 nitrogen and oxygen atoms in total. The molecule has 5 heteroatoms. The van der Waals surface area contributed by atoms with Crippen LogP contribution >= 0.6 is 31.7 Å². The second kappa shape index (κ2) is 61.1. The first-order valence-electron chi connectivity index (χ1n) is 24.3. The summed E-state index contributed by atoms with van der Waals surface area (Å²) in [7, 11) is 1.69. The molecule has 0 aliphatic heterocycles. The van der Waals surface area contributed by atoms with Gasteiger partial charge < -0.3 is 0 Å². The van der Waals surface area contributed by atoms with Crippen molar-refractivity contribution in [3.05, 3.63) is 0 Å². The van der Waals surface area contributed by atoms with Crippen LogP contribution in [0.3, 0.4) is 0 Å². The van der Waals surface area contributed by atoms with Gasteiger partial charge in [-0.05, 0) is 151 Å². The van der Waals surface area contributed by atoms with Crippen molar-refractivity contribution in [1.82, 2.24) is 0 Å². The summed E-state index contributed by atoms with van der Waals surface area (Å²) in [6.07, 6.45) is 52.9. The molecule has 0 aromatic heterocycles. The van der Waals surface area contributed by atoms with Gasteiger partial charge in [0.05, 0.1) is 0 Å². The first kappa shape index (κ1) is 64.6. The minimum atomic E-state index is 0.